The van der Waals surface area contributed by atoms with Gasteiger partial charge in [-0.25, -0.2) is 4.79 Å². The van der Waals surface area contributed by atoms with Gasteiger partial charge in [0.15, 0.2) is 0 Å². The predicted octanol–water partition coefficient (Wildman–Crippen LogP) is -0.646. The number of aliphatic hydroxyl groups excluding tert-OH is 1. The lowest BCUT2D eigenvalue weighted by molar-refractivity contribution is -0.142. The van der Waals surface area contributed by atoms with E-state index in [1.54, 1.807) is 42.5 Å². The second-order valence-electron chi connectivity index (χ2n) is 8.54. The average Bonchev–Trinajstić information content (AvgIpc) is 2.86. The summed E-state index contributed by atoms with van der Waals surface area (Å²) < 4.78 is 0. The van der Waals surface area contributed by atoms with Crippen LogP contribution in [0.3, 0.4) is 0 Å². The number of benzene rings is 2. The van der Waals surface area contributed by atoms with E-state index in [2.05, 4.69) is 28.6 Å². The van der Waals surface area contributed by atoms with Crippen LogP contribution in [0.2, 0.25) is 0 Å². The van der Waals surface area contributed by atoms with Gasteiger partial charge in [0.25, 0.3) is 0 Å². The van der Waals surface area contributed by atoms with Gasteiger partial charge < -0.3 is 37.0 Å². The maximum atomic E-state index is 13.2. The van der Waals surface area contributed by atoms with E-state index >= 15 is 0 Å². The molecule has 0 spiro atoms. The van der Waals surface area contributed by atoms with E-state index in [9.17, 15) is 29.4 Å². The number of aliphatic hydroxyl groups is 1. The Hall–Kier alpha value is -3.61. The van der Waals surface area contributed by atoms with Crippen molar-refractivity contribution in [2.75, 3.05) is 5.75 Å². The zero-order valence-electron chi connectivity index (χ0n) is 20.2. The molecule has 0 bridgehead atoms. The van der Waals surface area contributed by atoms with E-state index in [1.165, 1.54) is 19.1 Å². The second kappa shape index (κ2) is 14.2. The van der Waals surface area contributed by atoms with Crippen molar-refractivity contribution in [1.82, 2.24) is 16.0 Å². The molecule has 0 radical (unpaired) electrons. The van der Waals surface area contributed by atoms with E-state index in [1.807, 2.05) is 0 Å². The number of phenolic OH excluding ortho intramolecular Hbond substituents is 1. The molecule has 0 aliphatic carbocycles. The van der Waals surface area contributed by atoms with Crippen LogP contribution in [0, 0.1) is 0 Å². The molecule has 0 heterocycles. The summed E-state index contributed by atoms with van der Waals surface area (Å²) in [5.74, 6) is -3.76. The molecule has 2 aromatic rings. The van der Waals surface area contributed by atoms with Crippen LogP contribution in [0.5, 0.6) is 5.75 Å². The highest BCUT2D eigenvalue weighted by molar-refractivity contribution is 7.80. The van der Waals surface area contributed by atoms with Gasteiger partial charge in [-0.05, 0) is 36.6 Å². The normalized spacial score (nSPS) is 14.9. The third kappa shape index (κ3) is 9.41. The van der Waals surface area contributed by atoms with Crippen LogP contribution in [0.1, 0.15) is 18.1 Å². The lowest BCUT2D eigenvalue weighted by atomic mass is 10.0. The zero-order chi connectivity index (χ0) is 27.5. The summed E-state index contributed by atoms with van der Waals surface area (Å²) >= 11 is 3.89. The van der Waals surface area contributed by atoms with Crippen LogP contribution in [-0.4, -0.2) is 75.0 Å². The van der Waals surface area contributed by atoms with Crippen molar-refractivity contribution < 1.29 is 34.5 Å². The number of phenols is 1. The first-order valence-electron chi connectivity index (χ1n) is 11.5. The Labute approximate surface area is 219 Å². The largest absolute Gasteiger partial charge is 0.508 e. The topological polar surface area (TPSA) is 191 Å². The van der Waals surface area contributed by atoms with Crippen LogP contribution in [-0.2, 0) is 32.0 Å². The fourth-order valence-corrected chi connectivity index (χ4v) is 3.67. The Morgan fingerprint density at radius 1 is 0.838 bits per heavy atom. The molecule has 2 rings (SSSR count). The van der Waals surface area contributed by atoms with E-state index in [4.69, 9.17) is 10.8 Å². The number of aliphatic carboxylic acids is 1. The van der Waals surface area contributed by atoms with Gasteiger partial charge in [-0.3, -0.25) is 14.4 Å². The number of amides is 3. The molecule has 3 amide bonds. The molecule has 37 heavy (non-hydrogen) atoms. The highest BCUT2D eigenvalue weighted by Gasteiger charge is 2.32. The van der Waals surface area contributed by atoms with Crippen molar-refractivity contribution in [1.29, 1.82) is 0 Å². The predicted molar refractivity (Wildman–Crippen MR) is 139 cm³/mol. The smallest absolute Gasteiger partial charge is 0.327 e. The number of nitrogens with one attached hydrogen (secondary N) is 3. The van der Waals surface area contributed by atoms with Gasteiger partial charge in [-0.15, -0.1) is 0 Å². The van der Waals surface area contributed by atoms with Crippen molar-refractivity contribution in [2.24, 2.45) is 5.73 Å². The minimum Gasteiger partial charge on any atom is -0.508 e. The molecule has 5 unspecified atom stereocenters. The molecule has 0 aliphatic heterocycles. The number of aromatic hydroxyl groups is 1. The Balaban J connectivity index is 2.18. The molecular formula is C25H32N4O7S. The van der Waals surface area contributed by atoms with Gasteiger partial charge in [0, 0.05) is 12.2 Å². The Morgan fingerprint density at radius 3 is 1.95 bits per heavy atom. The fourth-order valence-electron chi connectivity index (χ4n) is 3.42. The molecular weight excluding hydrogens is 500 g/mol. The summed E-state index contributed by atoms with van der Waals surface area (Å²) in [6, 6.07) is 10.0. The first-order chi connectivity index (χ1) is 17.5. The van der Waals surface area contributed by atoms with Gasteiger partial charge >= 0.3 is 5.97 Å². The van der Waals surface area contributed by atoms with Crippen molar-refractivity contribution in [2.45, 2.75) is 50.0 Å². The zero-order valence-corrected chi connectivity index (χ0v) is 21.1. The van der Waals surface area contributed by atoms with Gasteiger partial charge in [-0.2, -0.15) is 12.6 Å². The highest BCUT2D eigenvalue weighted by atomic mass is 32.1. The monoisotopic (exact) mass is 532 g/mol. The van der Waals surface area contributed by atoms with E-state index < -0.39 is 54.0 Å². The van der Waals surface area contributed by atoms with Gasteiger partial charge in [0.2, 0.25) is 17.7 Å². The third-order valence-corrected chi connectivity index (χ3v) is 5.87. The van der Waals surface area contributed by atoms with Gasteiger partial charge in [0.1, 0.15) is 23.9 Å². The quantitative estimate of drug-likeness (QED) is 0.156. The van der Waals surface area contributed by atoms with E-state index in [0.717, 1.165) is 0 Å². The lowest BCUT2D eigenvalue weighted by Gasteiger charge is -2.26. The summed E-state index contributed by atoms with van der Waals surface area (Å²) in [4.78, 5) is 49.9. The molecule has 200 valence electrons. The van der Waals surface area contributed by atoms with Crippen LogP contribution in [0.25, 0.3) is 0 Å². The number of hydrogen-bond acceptors (Lipinski definition) is 8. The molecule has 5 atom stereocenters. The number of hydrogen-bond donors (Lipinski definition) is 8. The molecule has 8 N–H and O–H groups in total. The number of carboxylic acid groups (broad SMARTS) is 1. The summed E-state index contributed by atoms with van der Waals surface area (Å²) in [7, 11) is 0. The number of carbonyl (C=O) groups excluding carboxylic acids is 3. The van der Waals surface area contributed by atoms with Gasteiger partial charge in [-0.1, -0.05) is 42.5 Å². The SMILES string of the molecule is CC(O)C(NC(=O)C(Cc1ccccc1)NC(=O)C(N)Cc1ccc(O)cc1)C(=O)NC(CS)C(=O)O. The van der Waals surface area contributed by atoms with Crippen LogP contribution < -0.4 is 21.7 Å². The number of carbonyl (C=O) groups is 4. The summed E-state index contributed by atoms with van der Waals surface area (Å²) in [6.07, 6.45) is -1.17. The van der Waals surface area contributed by atoms with Crippen molar-refractivity contribution in [3.05, 3.63) is 65.7 Å². The first kappa shape index (κ1) is 29.6. The minimum atomic E-state index is -1.49. The Kier molecular flexibility index (Phi) is 11.4. The molecule has 2 aromatic carbocycles. The standard InChI is InChI=1S/C25H32N4O7S/c1-14(30)21(24(34)28-20(13-37)25(35)36)29-23(33)19(12-15-5-3-2-4-6-15)27-22(32)18(26)11-16-7-9-17(31)10-8-16/h2-10,14,18-21,30-31,37H,11-13,26H2,1H3,(H,27,32)(H,28,34)(H,29,33)(H,35,36). The maximum Gasteiger partial charge on any atom is 0.327 e. The molecule has 0 fully saturated rings. The van der Waals surface area contributed by atoms with Crippen LogP contribution >= 0.6 is 12.6 Å². The highest BCUT2D eigenvalue weighted by Crippen LogP contribution is 2.11. The van der Waals surface area contributed by atoms with Crippen LogP contribution in [0.15, 0.2) is 54.6 Å². The van der Waals surface area contributed by atoms with Crippen molar-refractivity contribution >= 4 is 36.3 Å². The van der Waals surface area contributed by atoms with Crippen molar-refractivity contribution in [3.63, 3.8) is 0 Å². The molecule has 11 nitrogen and oxygen atoms in total. The first-order valence-corrected chi connectivity index (χ1v) is 12.1. The van der Waals surface area contributed by atoms with Gasteiger partial charge in [0.05, 0.1) is 12.1 Å². The Bertz CT molecular complexity index is 1070. The molecule has 0 saturated carbocycles. The molecule has 0 aromatic heterocycles. The summed E-state index contributed by atoms with van der Waals surface area (Å²) in [5.41, 5.74) is 7.47. The average molecular weight is 533 g/mol. The minimum absolute atomic E-state index is 0.0624. The fraction of sp³-hybridized carbons (Fsp3) is 0.360. The number of thiol groups is 1. The summed E-state index contributed by atoms with van der Waals surface area (Å²) in [6.45, 7) is 1.26. The third-order valence-electron chi connectivity index (χ3n) is 5.50. The second-order valence-corrected chi connectivity index (χ2v) is 8.90. The molecule has 12 heteroatoms. The van der Waals surface area contributed by atoms with E-state index in [-0.39, 0.29) is 24.3 Å². The molecule has 0 saturated heterocycles. The Morgan fingerprint density at radius 2 is 1.41 bits per heavy atom. The lowest BCUT2D eigenvalue weighted by Crippen LogP contribution is -2.60. The van der Waals surface area contributed by atoms with Crippen LogP contribution in [0.4, 0.5) is 0 Å². The maximum absolute atomic E-state index is 13.2. The number of carboxylic acids is 1. The molecule has 0 aliphatic rings. The number of nitrogens with two attached hydrogens (primary N) is 1. The van der Waals surface area contributed by atoms with Crippen molar-refractivity contribution in [3.8, 4) is 5.75 Å². The summed E-state index contributed by atoms with van der Waals surface area (Å²) in [5, 5.41) is 35.9. The number of rotatable bonds is 13. The van der Waals surface area contributed by atoms with E-state index in [0.29, 0.717) is 11.1 Å².